The van der Waals surface area contributed by atoms with E-state index in [1.165, 1.54) is 4.57 Å². The molecule has 0 spiro atoms. The predicted molar refractivity (Wildman–Crippen MR) is 130 cm³/mol. The highest BCUT2D eigenvalue weighted by Crippen LogP contribution is 2.40. The molecule has 1 unspecified atom stereocenters. The van der Waals surface area contributed by atoms with Crippen LogP contribution in [0.4, 0.5) is 17.6 Å². The Morgan fingerprint density at radius 3 is 2.76 bits per heavy atom. The van der Waals surface area contributed by atoms with E-state index in [2.05, 4.69) is 20.3 Å². The number of benzene rings is 1. The molecule has 1 aliphatic carbocycles. The van der Waals surface area contributed by atoms with E-state index in [0.717, 1.165) is 18.4 Å². The fourth-order valence-corrected chi connectivity index (χ4v) is 4.18. The van der Waals surface area contributed by atoms with Crippen LogP contribution in [0, 0.1) is 11.3 Å². The van der Waals surface area contributed by atoms with Crippen molar-refractivity contribution < 1.29 is 0 Å². The summed E-state index contributed by atoms with van der Waals surface area (Å²) in [4.78, 5) is 30.8. The lowest BCUT2D eigenvalue weighted by atomic mass is 10.1. The molecule has 34 heavy (non-hydrogen) atoms. The summed E-state index contributed by atoms with van der Waals surface area (Å²) in [6, 6.07) is 8.47. The van der Waals surface area contributed by atoms with Crippen LogP contribution in [0.5, 0.6) is 0 Å². The van der Waals surface area contributed by atoms with E-state index >= 15 is 0 Å². The minimum Gasteiger partial charge on any atom is -0.382 e. The molecule has 11 heteroatoms. The Labute approximate surface area is 199 Å². The van der Waals surface area contributed by atoms with E-state index in [1.54, 1.807) is 31.3 Å². The number of nitriles is 1. The zero-order chi connectivity index (χ0) is 24.0. The second-order valence-corrected chi connectivity index (χ2v) is 8.57. The molecule has 1 aliphatic rings. The third-order valence-corrected chi connectivity index (χ3v) is 6.05. The zero-order valence-electron chi connectivity index (χ0n) is 18.2. The third-order valence-electron chi connectivity index (χ3n) is 5.73. The minimum absolute atomic E-state index is 0.0401. The van der Waals surface area contributed by atoms with Crippen LogP contribution < -0.4 is 22.3 Å². The van der Waals surface area contributed by atoms with Crippen molar-refractivity contribution in [2.45, 2.75) is 31.7 Å². The van der Waals surface area contributed by atoms with Crippen LogP contribution >= 0.6 is 11.6 Å². The molecular weight excluding hydrogens is 454 g/mol. The van der Waals surface area contributed by atoms with Crippen LogP contribution in [-0.4, -0.2) is 24.5 Å². The van der Waals surface area contributed by atoms with Crippen molar-refractivity contribution in [3.05, 3.63) is 69.0 Å². The van der Waals surface area contributed by atoms with E-state index in [9.17, 15) is 10.1 Å². The SMILES string of the molecule is CC(Nc1nc(N)nc(N)c1C#N)c1nc2cccc(Cl)c2c(=O)n1-c1cncc(C2CC2)c1. The van der Waals surface area contributed by atoms with Crippen molar-refractivity contribution in [1.82, 2.24) is 24.5 Å². The van der Waals surface area contributed by atoms with Crippen LogP contribution in [-0.2, 0) is 0 Å². The number of anilines is 3. The van der Waals surface area contributed by atoms with E-state index in [0.29, 0.717) is 33.4 Å². The Bertz CT molecular complexity index is 1540. The van der Waals surface area contributed by atoms with Gasteiger partial charge >= 0.3 is 0 Å². The monoisotopic (exact) mass is 473 g/mol. The van der Waals surface area contributed by atoms with Gasteiger partial charge in [0.1, 0.15) is 23.3 Å². The van der Waals surface area contributed by atoms with Gasteiger partial charge in [-0.1, -0.05) is 17.7 Å². The van der Waals surface area contributed by atoms with Crippen molar-refractivity contribution in [2.75, 3.05) is 16.8 Å². The normalized spacial score (nSPS) is 14.0. The van der Waals surface area contributed by atoms with Crippen LogP contribution in [0.3, 0.4) is 0 Å². The summed E-state index contributed by atoms with van der Waals surface area (Å²) in [6.45, 7) is 1.79. The van der Waals surface area contributed by atoms with Gasteiger partial charge in [-0.3, -0.25) is 14.3 Å². The molecule has 1 saturated carbocycles. The first-order valence-corrected chi connectivity index (χ1v) is 11.0. The lowest BCUT2D eigenvalue weighted by Gasteiger charge is -2.21. The van der Waals surface area contributed by atoms with Crippen molar-refractivity contribution >= 4 is 40.1 Å². The van der Waals surface area contributed by atoms with Gasteiger partial charge in [-0.2, -0.15) is 15.2 Å². The van der Waals surface area contributed by atoms with Gasteiger partial charge in [0, 0.05) is 6.20 Å². The molecule has 3 aromatic heterocycles. The molecule has 1 aromatic carbocycles. The molecule has 0 bridgehead atoms. The van der Waals surface area contributed by atoms with Crippen molar-refractivity contribution in [1.29, 1.82) is 5.26 Å². The number of halogens is 1. The molecule has 5 rings (SSSR count). The van der Waals surface area contributed by atoms with Gasteiger partial charge in [-0.15, -0.1) is 0 Å². The summed E-state index contributed by atoms with van der Waals surface area (Å²) in [6.07, 6.45) is 5.64. The fourth-order valence-electron chi connectivity index (χ4n) is 3.93. The molecule has 1 atom stereocenters. The number of pyridine rings is 1. The summed E-state index contributed by atoms with van der Waals surface area (Å²) in [5.41, 5.74) is 13.4. The number of hydrogen-bond donors (Lipinski definition) is 3. The van der Waals surface area contributed by atoms with Crippen LogP contribution in [0.1, 0.15) is 48.7 Å². The van der Waals surface area contributed by atoms with Gasteiger partial charge < -0.3 is 16.8 Å². The highest BCUT2D eigenvalue weighted by molar-refractivity contribution is 6.35. The van der Waals surface area contributed by atoms with E-state index in [4.69, 9.17) is 28.1 Å². The number of aromatic nitrogens is 5. The van der Waals surface area contributed by atoms with E-state index in [1.807, 2.05) is 18.3 Å². The molecule has 0 aliphatic heterocycles. The maximum atomic E-state index is 13.7. The number of nitrogens with zero attached hydrogens (tertiary/aromatic N) is 6. The Balaban J connectivity index is 1.71. The molecule has 0 amide bonds. The lowest BCUT2D eigenvalue weighted by Crippen LogP contribution is -2.28. The maximum Gasteiger partial charge on any atom is 0.267 e. The van der Waals surface area contributed by atoms with Gasteiger partial charge in [-0.25, -0.2) is 4.98 Å². The molecule has 170 valence electrons. The Morgan fingerprint density at radius 1 is 1.24 bits per heavy atom. The smallest absolute Gasteiger partial charge is 0.267 e. The highest BCUT2D eigenvalue weighted by atomic mass is 35.5. The first-order valence-electron chi connectivity index (χ1n) is 10.6. The molecule has 5 N–H and O–H groups in total. The first-order chi connectivity index (χ1) is 16.4. The molecule has 10 nitrogen and oxygen atoms in total. The topological polar surface area (TPSA) is 161 Å². The predicted octanol–water partition coefficient (Wildman–Crippen LogP) is 3.31. The van der Waals surface area contributed by atoms with Crippen LogP contribution in [0.25, 0.3) is 16.6 Å². The molecule has 0 saturated heterocycles. The number of nitrogen functional groups attached to an aromatic ring is 2. The van der Waals surface area contributed by atoms with Gasteiger partial charge in [0.2, 0.25) is 5.95 Å². The van der Waals surface area contributed by atoms with Gasteiger partial charge in [0.05, 0.1) is 33.9 Å². The van der Waals surface area contributed by atoms with Gasteiger partial charge in [-0.05, 0) is 49.4 Å². The number of hydrogen-bond acceptors (Lipinski definition) is 9. The minimum atomic E-state index is -0.582. The van der Waals surface area contributed by atoms with Gasteiger partial charge in [0.15, 0.2) is 5.82 Å². The summed E-state index contributed by atoms with van der Waals surface area (Å²) >= 11 is 6.38. The van der Waals surface area contributed by atoms with Crippen molar-refractivity contribution in [3.8, 4) is 11.8 Å². The van der Waals surface area contributed by atoms with Crippen molar-refractivity contribution in [3.63, 3.8) is 0 Å². The standard InChI is InChI=1S/C23H20ClN9O/c1-11(29-20-15(8-25)19(26)31-23(27)32-20)21-30-17-4-2-3-16(24)18(17)22(34)33(21)14-7-13(9-28-10-14)12-5-6-12/h2-4,7,9-12H,5-6H2,1H3,(H5,26,27,29,31,32). The van der Waals surface area contributed by atoms with Crippen LogP contribution in [0.15, 0.2) is 41.5 Å². The quantitative estimate of drug-likeness (QED) is 0.394. The maximum absolute atomic E-state index is 13.7. The highest BCUT2D eigenvalue weighted by Gasteiger charge is 2.26. The summed E-state index contributed by atoms with van der Waals surface area (Å²) in [5.74, 6) is 0.861. The molecule has 1 fully saturated rings. The second kappa shape index (κ2) is 8.28. The fraction of sp³-hybridized carbons (Fsp3) is 0.217. The largest absolute Gasteiger partial charge is 0.382 e. The Morgan fingerprint density at radius 2 is 2.03 bits per heavy atom. The second-order valence-electron chi connectivity index (χ2n) is 8.16. The molecule has 4 aromatic rings. The molecular formula is C23H20ClN9O. The van der Waals surface area contributed by atoms with Gasteiger partial charge in [0.25, 0.3) is 5.56 Å². The Hall–Kier alpha value is -4.23. The zero-order valence-corrected chi connectivity index (χ0v) is 18.9. The third kappa shape index (κ3) is 3.76. The number of rotatable bonds is 5. The van der Waals surface area contributed by atoms with Crippen LogP contribution in [0.2, 0.25) is 5.02 Å². The average molecular weight is 474 g/mol. The summed E-state index contributed by atoms with van der Waals surface area (Å²) in [7, 11) is 0. The summed E-state index contributed by atoms with van der Waals surface area (Å²) < 4.78 is 1.49. The number of nitrogens with one attached hydrogen (secondary N) is 1. The number of fused-ring (bicyclic) bond motifs is 1. The van der Waals surface area contributed by atoms with E-state index in [-0.39, 0.29) is 28.7 Å². The first kappa shape index (κ1) is 21.6. The Kier molecular flexibility index (Phi) is 5.26. The van der Waals surface area contributed by atoms with Crippen molar-refractivity contribution in [2.24, 2.45) is 0 Å². The van der Waals surface area contributed by atoms with E-state index < -0.39 is 6.04 Å². The summed E-state index contributed by atoms with van der Waals surface area (Å²) in [5, 5.41) is 13.3. The number of nitrogens with two attached hydrogens (primary N) is 2. The average Bonchev–Trinajstić information content (AvgIpc) is 3.64. The lowest BCUT2D eigenvalue weighted by molar-refractivity contribution is 0.728. The molecule has 3 heterocycles. The molecule has 0 radical (unpaired) electrons.